The van der Waals surface area contributed by atoms with Crippen LogP contribution in [-0.4, -0.2) is 42.8 Å². The van der Waals surface area contributed by atoms with Crippen LogP contribution in [0.3, 0.4) is 0 Å². The number of carbonyl (C=O) groups is 1. The van der Waals surface area contributed by atoms with Gasteiger partial charge in [-0.25, -0.2) is 4.79 Å². The Balaban J connectivity index is 1.81. The summed E-state index contributed by atoms with van der Waals surface area (Å²) in [4.78, 5) is 42.3. The summed E-state index contributed by atoms with van der Waals surface area (Å²) >= 11 is 0. The average Bonchev–Trinajstić information content (AvgIpc) is 3.29. The smallest absolute Gasteiger partial charge is 0.332 e. The minimum absolute atomic E-state index is 0.0565. The van der Waals surface area contributed by atoms with Crippen molar-refractivity contribution in [3.05, 3.63) is 62.6 Å². The average molecular weight is 439 g/mol. The summed E-state index contributed by atoms with van der Waals surface area (Å²) < 4.78 is 16.2. The van der Waals surface area contributed by atoms with Gasteiger partial charge < -0.3 is 14.0 Å². The Kier molecular flexibility index (Phi) is 5.60. The van der Waals surface area contributed by atoms with Crippen molar-refractivity contribution < 1.29 is 14.3 Å². The van der Waals surface area contributed by atoms with Crippen molar-refractivity contribution in [1.82, 2.24) is 23.1 Å². The number of methoxy groups -OCH3 is 1. The molecule has 168 valence electrons. The van der Waals surface area contributed by atoms with E-state index in [1.165, 1.54) is 4.57 Å². The first-order valence-corrected chi connectivity index (χ1v) is 10.3. The fraction of sp³-hybridized carbons (Fsp3) is 0.364. The minimum atomic E-state index is -0.522. The summed E-state index contributed by atoms with van der Waals surface area (Å²) in [5.74, 6) is 0.873. The SMILES string of the molecule is CCOC(=O)CCn1c(=O)c2c(nc3n(Cc4ccc(OC)cc4)c(C)cn23)n(C)c1=O. The number of esters is 1. The number of hydrogen-bond donors (Lipinski definition) is 0. The fourth-order valence-corrected chi connectivity index (χ4v) is 3.80. The van der Waals surface area contributed by atoms with E-state index >= 15 is 0 Å². The van der Waals surface area contributed by atoms with Gasteiger partial charge in [-0.2, -0.15) is 4.98 Å². The molecule has 0 bridgehead atoms. The van der Waals surface area contributed by atoms with Gasteiger partial charge in [-0.1, -0.05) is 12.1 Å². The largest absolute Gasteiger partial charge is 0.497 e. The number of aryl methyl sites for hydroxylation is 2. The molecule has 0 amide bonds. The summed E-state index contributed by atoms with van der Waals surface area (Å²) in [6, 6.07) is 7.71. The Bertz CT molecular complexity index is 1420. The van der Waals surface area contributed by atoms with Gasteiger partial charge >= 0.3 is 11.7 Å². The van der Waals surface area contributed by atoms with Crippen molar-refractivity contribution in [2.75, 3.05) is 13.7 Å². The Morgan fingerprint density at radius 3 is 2.50 bits per heavy atom. The molecule has 1 aromatic carbocycles. The van der Waals surface area contributed by atoms with E-state index in [1.807, 2.05) is 42.0 Å². The molecule has 0 aliphatic rings. The van der Waals surface area contributed by atoms with E-state index in [-0.39, 0.29) is 19.6 Å². The molecule has 0 aliphatic carbocycles. The van der Waals surface area contributed by atoms with Crippen LogP contribution in [0, 0.1) is 6.92 Å². The monoisotopic (exact) mass is 439 g/mol. The van der Waals surface area contributed by atoms with Crippen molar-refractivity contribution >= 4 is 22.9 Å². The van der Waals surface area contributed by atoms with Crippen LogP contribution >= 0.6 is 0 Å². The Hall–Kier alpha value is -3.82. The van der Waals surface area contributed by atoms with Crippen molar-refractivity contribution in [3.63, 3.8) is 0 Å². The molecule has 32 heavy (non-hydrogen) atoms. The van der Waals surface area contributed by atoms with Crippen LogP contribution in [0.15, 0.2) is 40.1 Å². The highest BCUT2D eigenvalue weighted by Gasteiger charge is 2.20. The normalized spacial score (nSPS) is 11.4. The molecule has 4 rings (SSSR count). The Labute approximate surface area is 183 Å². The highest BCUT2D eigenvalue weighted by Crippen LogP contribution is 2.19. The third kappa shape index (κ3) is 3.57. The summed E-state index contributed by atoms with van der Waals surface area (Å²) in [6.07, 6.45) is 1.77. The molecule has 10 heteroatoms. The van der Waals surface area contributed by atoms with Crippen molar-refractivity contribution in [3.8, 4) is 5.75 Å². The van der Waals surface area contributed by atoms with Crippen molar-refractivity contribution in [1.29, 1.82) is 0 Å². The highest BCUT2D eigenvalue weighted by molar-refractivity contribution is 5.76. The Morgan fingerprint density at radius 2 is 1.84 bits per heavy atom. The number of imidazole rings is 2. The second-order valence-electron chi connectivity index (χ2n) is 7.51. The molecule has 3 aromatic heterocycles. The summed E-state index contributed by atoms with van der Waals surface area (Å²) in [5, 5.41) is 0. The molecular formula is C22H25N5O5. The van der Waals surface area contributed by atoms with Gasteiger partial charge in [0, 0.05) is 25.5 Å². The first kappa shape index (κ1) is 21.4. The van der Waals surface area contributed by atoms with Gasteiger partial charge in [0.05, 0.1) is 26.7 Å². The van der Waals surface area contributed by atoms with Crippen LogP contribution in [0.1, 0.15) is 24.6 Å². The zero-order valence-corrected chi connectivity index (χ0v) is 18.5. The topological polar surface area (TPSA) is 102 Å². The predicted molar refractivity (Wildman–Crippen MR) is 118 cm³/mol. The lowest BCUT2D eigenvalue weighted by Crippen LogP contribution is -2.39. The van der Waals surface area contributed by atoms with Crippen molar-refractivity contribution in [2.24, 2.45) is 7.05 Å². The molecule has 0 atom stereocenters. The van der Waals surface area contributed by atoms with E-state index in [2.05, 4.69) is 4.98 Å². The number of aromatic nitrogens is 5. The molecule has 0 radical (unpaired) electrons. The number of fused-ring (bicyclic) bond motifs is 3. The second-order valence-corrected chi connectivity index (χ2v) is 7.51. The maximum atomic E-state index is 13.2. The van der Waals surface area contributed by atoms with Gasteiger partial charge in [-0.15, -0.1) is 0 Å². The van der Waals surface area contributed by atoms with Gasteiger partial charge in [0.15, 0.2) is 11.2 Å². The summed E-state index contributed by atoms with van der Waals surface area (Å²) in [5.41, 5.74) is 1.54. The van der Waals surface area contributed by atoms with E-state index in [0.29, 0.717) is 23.5 Å². The quantitative estimate of drug-likeness (QED) is 0.404. The molecule has 0 spiro atoms. The fourth-order valence-electron chi connectivity index (χ4n) is 3.80. The van der Waals surface area contributed by atoms with E-state index in [0.717, 1.165) is 21.6 Å². The van der Waals surface area contributed by atoms with Gasteiger partial charge in [-0.05, 0) is 31.5 Å². The summed E-state index contributed by atoms with van der Waals surface area (Å²) in [6.45, 7) is 4.37. The minimum Gasteiger partial charge on any atom is -0.497 e. The van der Waals surface area contributed by atoms with Crippen LogP contribution < -0.4 is 16.0 Å². The molecular weight excluding hydrogens is 414 g/mol. The third-order valence-electron chi connectivity index (χ3n) is 5.49. The number of benzene rings is 1. The van der Waals surface area contributed by atoms with Crippen LogP contribution in [-0.2, 0) is 29.7 Å². The Morgan fingerprint density at radius 1 is 1.12 bits per heavy atom. The number of hydrogen-bond acceptors (Lipinski definition) is 6. The highest BCUT2D eigenvalue weighted by atomic mass is 16.5. The van der Waals surface area contributed by atoms with Crippen LogP contribution in [0.5, 0.6) is 5.75 Å². The standard InChI is InChI=1S/C22H25N5O5/c1-5-32-17(28)10-11-25-20(29)18-19(24(3)22(25)30)23-21-26(14(2)12-27(18)21)13-15-6-8-16(31-4)9-7-15/h6-9,12H,5,10-11,13H2,1-4H3. The third-order valence-corrected chi connectivity index (χ3v) is 5.49. The van der Waals surface area contributed by atoms with Crippen LogP contribution in [0.25, 0.3) is 16.9 Å². The van der Waals surface area contributed by atoms with E-state index in [4.69, 9.17) is 9.47 Å². The maximum absolute atomic E-state index is 13.2. The number of rotatable bonds is 7. The zero-order valence-electron chi connectivity index (χ0n) is 18.5. The number of carbonyl (C=O) groups excluding carboxylic acids is 1. The molecule has 0 N–H and O–H groups in total. The predicted octanol–water partition coefficient (Wildman–Crippen LogP) is 1.47. The lowest BCUT2D eigenvalue weighted by Gasteiger charge is -2.08. The van der Waals surface area contributed by atoms with Gasteiger partial charge in [0.2, 0.25) is 5.78 Å². The van der Waals surface area contributed by atoms with Gasteiger partial charge in [0.1, 0.15) is 5.75 Å². The molecule has 4 aromatic rings. The number of ether oxygens (including phenoxy) is 2. The lowest BCUT2D eigenvalue weighted by atomic mass is 10.2. The molecule has 0 aliphatic heterocycles. The second kappa shape index (κ2) is 8.37. The van der Waals surface area contributed by atoms with Crippen LogP contribution in [0.4, 0.5) is 0 Å². The van der Waals surface area contributed by atoms with Gasteiger partial charge in [0.25, 0.3) is 5.56 Å². The van der Waals surface area contributed by atoms with E-state index in [9.17, 15) is 14.4 Å². The molecule has 10 nitrogen and oxygen atoms in total. The maximum Gasteiger partial charge on any atom is 0.332 e. The molecule has 0 saturated heterocycles. The zero-order chi connectivity index (χ0) is 23.0. The molecule has 0 fully saturated rings. The molecule has 3 heterocycles. The summed E-state index contributed by atoms with van der Waals surface area (Å²) in [7, 11) is 3.19. The van der Waals surface area contributed by atoms with Crippen LogP contribution in [0.2, 0.25) is 0 Å². The first-order chi connectivity index (χ1) is 15.3. The number of nitrogens with zero attached hydrogens (tertiary/aromatic N) is 5. The van der Waals surface area contributed by atoms with E-state index in [1.54, 1.807) is 25.5 Å². The van der Waals surface area contributed by atoms with Crippen molar-refractivity contribution in [2.45, 2.75) is 33.4 Å². The molecule has 0 saturated carbocycles. The van der Waals surface area contributed by atoms with Gasteiger partial charge in [-0.3, -0.25) is 23.1 Å². The lowest BCUT2D eigenvalue weighted by molar-refractivity contribution is -0.143. The first-order valence-electron chi connectivity index (χ1n) is 10.3. The van der Waals surface area contributed by atoms with E-state index < -0.39 is 17.2 Å². The molecule has 0 unspecified atom stereocenters.